The number of hydrogen-bond donors (Lipinski definition) is 1. The van der Waals surface area contributed by atoms with Crippen LogP contribution in [-0.4, -0.2) is 48.2 Å². The van der Waals surface area contributed by atoms with E-state index in [1.807, 2.05) is 6.92 Å². The fourth-order valence-electron chi connectivity index (χ4n) is 3.09. The highest BCUT2D eigenvalue weighted by Gasteiger charge is 2.30. The molecule has 0 radical (unpaired) electrons. The Kier molecular flexibility index (Phi) is 5.77. The molecule has 1 fully saturated rings. The summed E-state index contributed by atoms with van der Waals surface area (Å²) in [6.07, 6.45) is 2.25. The molecule has 1 aromatic carbocycles. The number of aromatic nitrogens is 2. The predicted octanol–water partition coefficient (Wildman–Crippen LogP) is 2.83. The average molecular weight is 326 g/mol. The van der Waals surface area contributed by atoms with E-state index < -0.39 is 0 Å². The molecule has 2 heterocycles. The fourth-order valence-corrected chi connectivity index (χ4v) is 3.09. The van der Waals surface area contributed by atoms with Gasteiger partial charge in [0.05, 0.1) is 18.3 Å². The molecule has 0 bridgehead atoms. The third-order valence-corrected chi connectivity index (χ3v) is 4.47. The lowest BCUT2D eigenvalue weighted by Crippen LogP contribution is -2.42. The number of methoxy groups -OCH3 is 1. The number of benzene rings is 1. The SMILES string of the molecule is COCCNc1cc([C@@H]2CCN2CCc2ccccc2)nc(C)n1. The number of nitrogens with one attached hydrogen (secondary N) is 1. The van der Waals surface area contributed by atoms with Crippen molar-refractivity contribution in [3.05, 3.63) is 53.5 Å². The standard InChI is InChI=1S/C19H26N4O/c1-15-21-17(14-19(22-15)20-10-13-24-2)18-9-12-23(18)11-8-16-6-4-3-5-7-16/h3-7,14,18H,8-13H2,1-2H3,(H,20,21,22)/t18-/m0/s1. The van der Waals surface area contributed by atoms with Crippen LogP contribution in [0.25, 0.3) is 0 Å². The van der Waals surface area contributed by atoms with Gasteiger partial charge in [-0.15, -0.1) is 0 Å². The molecule has 0 aliphatic carbocycles. The maximum atomic E-state index is 5.08. The Morgan fingerprint density at radius 2 is 2.08 bits per heavy atom. The topological polar surface area (TPSA) is 50.3 Å². The molecular formula is C19H26N4O. The second-order valence-corrected chi connectivity index (χ2v) is 6.22. The highest BCUT2D eigenvalue weighted by Crippen LogP contribution is 2.32. The van der Waals surface area contributed by atoms with Gasteiger partial charge in [-0.2, -0.15) is 0 Å². The molecule has 0 saturated carbocycles. The number of aryl methyl sites for hydroxylation is 1. The Hall–Kier alpha value is -1.98. The maximum Gasteiger partial charge on any atom is 0.130 e. The first kappa shape index (κ1) is 16.9. The van der Waals surface area contributed by atoms with Crippen molar-refractivity contribution in [3.8, 4) is 0 Å². The van der Waals surface area contributed by atoms with E-state index in [1.54, 1.807) is 7.11 Å². The zero-order chi connectivity index (χ0) is 16.8. The molecule has 128 valence electrons. The third-order valence-electron chi connectivity index (χ3n) is 4.47. The predicted molar refractivity (Wildman–Crippen MR) is 96.2 cm³/mol. The Labute approximate surface area is 144 Å². The van der Waals surface area contributed by atoms with Gasteiger partial charge >= 0.3 is 0 Å². The Bertz CT molecular complexity index is 647. The van der Waals surface area contributed by atoms with Gasteiger partial charge in [0.15, 0.2) is 0 Å². The van der Waals surface area contributed by atoms with Gasteiger partial charge in [0.25, 0.3) is 0 Å². The van der Waals surface area contributed by atoms with Crippen molar-refractivity contribution in [1.29, 1.82) is 0 Å². The fraction of sp³-hybridized carbons (Fsp3) is 0.474. The van der Waals surface area contributed by atoms with Crippen LogP contribution in [0, 0.1) is 6.92 Å². The van der Waals surface area contributed by atoms with Crippen LogP contribution in [0.2, 0.25) is 0 Å². The summed E-state index contributed by atoms with van der Waals surface area (Å²) in [4.78, 5) is 11.6. The number of likely N-dealkylation sites (tertiary alicyclic amines) is 1. The summed E-state index contributed by atoms with van der Waals surface area (Å²) >= 11 is 0. The second kappa shape index (κ2) is 8.22. The number of anilines is 1. The van der Waals surface area contributed by atoms with Crippen LogP contribution in [0.15, 0.2) is 36.4 Å². The molecule has 24 heavy (non-hydrogen) atoms. The van der Waals surface area contributed by atoms with Crippen LogP contribution in [0.3, 0.4) is 0 Å². The van der Waals surface area contributed by atoms with Gasteiger partial charge in [0, 0.05) is 32.8 Å². The molecule has 2 aromatic rings. The van der Waals surface area contributed by atoms with Crippen molar-refractivity contribution in [2.75, 3.05) is 38.7 Å². The molecule has 1 saturated heterocycles. The molecule has 1 aromatic heterocycles. The molecule has 0 unspecified atom stereocenters. The van der Waals surface area contributed by atoms with Crippen LogP contribution in [0.5, 0.6) is 0 Å². The number of hydrogen-bond acceptors (Lipinski definition) is 5. The molecular weight excluding hydrogens is 300 g/mol. The normalized spacial score (nSPS) is 17.5. The number of ether oxygens (including phenoxy) is 1. The lowest BCUT2D eigenvalue weighted by Gasteiger charge is -2.40. The average Bonchev–Trinajstić information content (AvgIpc) is 2.55. The van der Waals surface area contributed by atoms with Crippen molar-refractivity contribution in [3.63, 3.8) is 0 Å². The molecule has 1 atom stereocenters. The smallest absolute Gasteiger partial charge is 0.130 e. The molecule has 1 aliphatic heterocycles. The monoisotopic (exact) mass is 326 g/mol. The van der Waals surface area contributed by atoms with E-state index >= 15 is 0 Å². The van der Waals surface area contributed by atoms with E-state index in [-0.39, 0.29) is 0 Å². The maximum absolute atomic E-state index is 5.08. The first-order valence-corrected chi connectivity index (χ1v) is 8.62. The summed E-state index contributed by atoms with van der Waals surface area (Å²) in [7, 11) is 1.71. The summed E-state index contributed by atoms with van der Waals surface area (Å²) < 4.78 is 5.08. The van der Waals surface area contributed by atoms with E-state index in [0.717, 1.165) is 43.4 Å². The van der Waals surface area contributed by atoms with Crippen molar-refractivity contribution in [2.45, 2.75) is 25.8 Å². The van der Waals surface area contributed by atoms with Gasteiger partial charge in [-0.25, -0.2) is 9.97 Å². The van der Waals surface area contributed by atoms with E-state index in [9.17, 15) is 0 Å². The van der Waals surface area contributed by atoms with Crippen LogP contribution < -0.4 is 5.32 Å². The lowest BCUT2D eigenvalue weighted by atomic mass is 9.98. The van der Waals surface area contributed by atoms with Gasteiger partial charge in [-0.3, -0.25) is 4.90 Å². The van der Waals surface area contributed by atoms with Gasteiger partial charge in [0.2, 0.25) is 0 Å². The zero-order valence-electron chi connectivity index (χ0n) is 14.5. The second-order valence-electron chi connectivity index (χ2n) is 6.22. The zero-order valence-corrected chi connectivity index (χ0v) is 14.5. The highest BCUT2D eigenvalue weighted by atomic mass is 16.5. The molecule has 1 N–H and O–H groups in total. The minimum absolute atomic E-state index is 0.415. The Balaban J connectivity index is 1.61. The Morgan fingerprint density at radius 3 is 2.79 bits per heavy atom. The number of rotatable bonds is 8. The molecule has 0 amide bonds. The summed E-state index contributed by atoms with van der Waals surface area (Å²) in [5, 5.41) is 3.31. The van der Waals surface area contributed by atoms with Crippen LogP contribution in [-0.2, 0) is 11.2 Å². The molecule has 3 rings (SSSR count). The third kappa shape index (κ3) is 4.30. The van der Waals surface area contributed by atoms with Crippen LogP contribution >= 0.6 is 0 Å². The lowest BCUT2D eigenvalue weighted by molar-refractivity contribution is 0.0890. The minimum Gasteiger partial charge on any atom is -0.383 e. The van der Waals surface area contributed by atoms with Gasteiger partial charge in [0.1, 0.15) is 11.6 Å². The molecule has 1 aliphatic rings. The first-order chi connectivity index (χ1) is 11.8. The highest BCUT2D eigenvalue weighted by molar-refractivity contribution is 5.37. The van der Waals surface area contributed by atoms with Crippen molar-refractivity contribution in [2.24, 2.45) is 0 Å². The first-order valence-electron chi connectivity index (χ1n) is 8.62. The molecule has 5 heteroatoms. The summed E-state index contributed by atoms with van der Waals surface area (Å²) in [5.41, 5.74) is 2.52. The molecule has 0 spiro atoms. The quantitative estimate of drug-likeness (QED) is 0.756. The van der Waals surface area contributed by atoms with Gasteiger partial charge < -0.3 is 10.1 Å². The largest absolute Gasteiger partial charge is 0.383 e. The molecule has 5 nitrogen and oxygen atoms in total. The number of nitrogens with zero attached hydrogens (tertiary/aromatic N) is 3. The summed E-state index contributed by atoms with van der Waals surface area (Å²) in [5.74, 6) is 1.71. The van der Waals surface area contributed by atoms with Crippen LogP contribution in [0.4, 0.5) is 5.82 Å². The van der Waals surface area contributed by atoms with Crippen LogP contribution in [0.1, 0.15) is 29.5 Å². The summed E-state index contributed by atoms with van der Waals surface area (Å²) in [6, 6.07) is 13.2. The van der Waals surface area contributed by atoms with E-state index in [0.29, 0.717) is 12.6 Å². The van der Waals surface area contributed by atoms with Gasteiger partial charge in [-0.05, 0) is 25.3 Å². The van der Waals surface area contributed by atoms with E-state index in [1.165, 1.54) is 12.0 Å². The Morgan fingerprint density at radius 1 is 1.25 bits per heavy atom. The van der Waals surface area contributed by atoms with Crippen molar-refractivity contribution >= 4 is 5.82 Å². The van der Waals surface area contributed by atoms with Crippen molar-refractivity contribution < 1.29 is 4.74 Å². The van der Waals surface area contributed by atoms with Gasteiger partial charge in [-0.1, -0.05) is 30.3 Å². The van der Waals surface area contributed by atoms with E-state index in [2.05, 4.69) is 56.6 Å². The minimum atomic E-state index is 0.415. The van der Waals surface area contributed by atoms with E-state index in [4.69, 9.17) is 4.74 Å². The van der Waals surface area contributed by atoms with Crippen molar-refractivity contribution in [1.82, 2.24) is 14.9 Å². The summed E-state index contributed by atoms with van der Waals surface area (Å²) in [6.45, 7) is 5.61.